The summed E-state index contributed by atoms with van der Waals surface area (Å²) < 4.78 is 13.1. The van der Waals surface area contributed by atoms with Crippen LogP contribution in [0.5, 0.6) is 0 Å². The Morgan fingerprint density at radius 3 is 2.53 bits per heavy atom. The number of carboxylic acid groups (broad SMARTS) is 1. The van der Waals surface area contributed by atoms with Crippen LogP contribution in [0.1, 0.15) is 23.7 Å². The van der Waals surface area contributed by atoms with Crippen molar-refractivity contribution in [2.45, 2.75) is 13.3 Å². The van der Waals surface area contributed by atoms with Gasteiger partial charge in [0.05, 0.1) is 17.5 Å². The third-order valence-corrected chi connectivity index (χ3v) is 2.71. The van der Waals surface area contributed by atoms with E-state index in [2.05, 4.69) is 4.98 Å². The van der Waals surface area contributed by atoms with Crippen molar-refractivity contribution in [3.8, 4) is 0 Å². The Labute approximate surface area is 106 Å². The van der Waals surface area contributed by atoms with Gasteiger partial charge >= 0.3 is 0 Å². The molecule has 92 valence electrons. The maximum Gasteiger partial charge on any atom is 0.174 e. The third kappa shape index (κ3) is 2.92. The summed E-state index contributed by atoms with van der Waals surface area (Å²) in [6.07, 6.45) is 0.0156. The molecule has 0 saturated heterocycles. The van der Waals surface area contributed by atoms with Gasteiger partial charge in [-0.05, 0) is 12.5 Å². The van der Waals surface area contributed by atoms with Crippen LogP contribution in [0.25, 0.3) is 0 Å². The van der Waals surface area contributed by atoms with E-state index < -0.39 is 28.6 Å². The monoisotopic (exact) mass is 278 g/mol. The summed E-state index contributed by atoms with van der Waals surface area (Å²) in [5, 5.41) is 9.88. The van der Waals surface area contributed by atoms with Crippen molar-refractivity contribution in [2.24, 2.45) is 5.92 Å². The van der Waals surface area contributed by atoms with E-state index >= 15 is 0 Å². The number of carbonyl (C=O) groups is 2. The number of ketones is 1. The molecule has 1 unspecified atom stereocenters. The summed E-state index contributed by atoms with van der Waals surface area (Å²) in [5.41, 5.74) is -0.315. The molecule has 1 aromatic heterocycles. The maximum absolute atomic E-state index is 13.1. The third-order valence-electron chi connectivity index (χ3n) is 2.16. The predicted molar refractivity (Wildman–Crippen MR) is 57.3 cm³/mol. The number of pyridine rings is 1. The molecular formula is C10H7Cl2FNO3-. The summed E-state index contributed by atoms with van der Waals surface area (Å²) in [4.78, 5) is 25.8. The number of carboxylic acids is 1. The highest BCUT2D eigenvalue weighted by Crippen LogP contribution is 2.23. The summed E-state index contributed by atoms with van der Waals surface area (Å²) in [6, 6.07) is 0.769. The molecular weight excluding hydrogens is 272 g/mol. The first-order valence-electron chi connectivity index (χ1n) is 4.65. The number of carbonyl (C=O) groups excluding carboxylic acids is 2. The van der Waals surface area contributed by atoms with E-state index in [0.717, 1.165) is 6.07 Å². The Balaban J connectivity index is 3.20. The largest absolute Gasteiger partial charge is 0.549 e. The van der Waals surface area contributed by atoms with Gasteiger partial charge in [-0.25, -0.2) is 9.37 Å². The van der Waals surface area contributed by atoms with Crippen LogP contribution >= 0.6 is 23.2 Å². The van der Waals surface area contributed by atoms with Crippen molar-refractivity contribution in [3.63, 3.8) is 0 Å². The smallest absolute Gasteiger partial charge is 0.174 e. The number of rotatable bonds is 4. The van der Waals surface area contributed by atoms with Crippen LogP contribution in [-0.2, 0) is 4.79 Å². The Hall–Kier alpha value is -1.20. The normalized spacial score (nSPS) is 12.2. The Morgan fingerprint density at radius 2 is 2.06 bits per heavy atom. The average Bonchev–Trinajstić information content (AvgIpc) is 2.23. The fraction of sp³-hybridized carbons (Fsp3) is 0.300. The Kier molecular flexibility index (Phi) is 4.42. The zero-order chi connectivity index (χ0) is 13.2. The van der Waals surface area contributed by atoms with Gasteiger partial charge in [0, 0.05) is 0 Å². The Bertz CT molecular complexity index is 479. The van der Waals surface area contributed by atoms with Crippen LogP contribution in [0, 0.1) is 11.7 Å². The molecule has 17 heavy (non-hydrogen) atoms. The zero-order valence-corrected chi connectivity index (χ0v) is 10.2. The van der Waals surface area contributed by atoms with E-state index in [1.54, 1.807) is 0 Å². The number of hydrogen-bond acceptors (Lipinski definition) is 4. The van der Waals surface area contributed by atoms with Gasteiger partial charge in [0.15, 0.2) is 16.8 Å². The summed E-state index contributed by atoms with van der Waals surface area (Å²) in [5.74, 6) is -4.70. The lowest BCUT2D eigenvalue weighted by Gasteiger charge is -2.15. The molecule has 1 rings (SSSR count). The van der Waals surface area contributed by atoms with Crippen LogP contribution in [0.3, 0.4) is 0 Å². The van der Waals surface area contributed by atoms with E-state index in [1.165, 1.54) is 6.92 Å². The number of hydrogen-bond donors (Lipinski definition) is 0. The maximum atomic E-state index is 13.1. The fourth-order valence-corrected chi connectivity index (χ4v) is 1.68. The predicted octanol–water partition coefficient (Wildman–Crippen LogP) is 1.49. The molecule has 0 saturated carbocycles. The van der Waals surface area contributed by atoms with E-state index in [1.807, 2.05) is 0 Å². The number of Topliss-reactive ketones (excluding diaryl/α,β-unsaturated/α-hetero) is 1. The van der Waals surface area contributed by atoms with Gasteiger partial charge in [0.1, 0.15) is 5.15 Å². The van der Waals surface area contributed by atoms with Crippen LogP contribution < -0.4 is 5.11 Å². The molecule has 0 bridgehead atoms. The van der Waals surface area contributed by atoms with Crippen molar-refractivity contribution in [3.05, 3.63) is 27.8 Å². The molecule has 0 fully saturated rings. The minimum absolute atomic E-state index is 0.0156. The summed E-state index contributed by atoms with van der Waals surface area (Å²) >= 11 is 11.0. The SMILES string of the molecule is CCC(C(=O)[O-])C(=O)c1cc(F)c(Cl)nc1Cl. The standard InChI is InChI=1S/C10H8Cl2FNO3/c1-2-4(10(16)17)7(15)5-3-6(13)9(12)14-8(5)11/h3-4H,2H2,1H3,(H,16,17)/p-1. The zero-order valence-electron chi connectivity index (χ0n) is 8.67. The number of aromatic nitrogens is 1. The van der Waals surface area contributed by atoms with Gasteiger partial charge in [-0.15, -0.1) is 0 Å². The van der Waals surface area contributed by atoms with Crippen molar-refractivity contribution in [1.82, 2.24) is 4.98 Å². The molecule has 0 N–H and O–H groups in total. The molecule has 1 heterocycles. The lowest BCUT2D eigenvalue weighted by atomic mass is 9.96. The van der Waals surface area contributed by atoms with Crippen LogP contribution in [0.2, 0.25) is 10.3 Å². The first kappa shape index (κ1) is 13.9. The minimum atomic E-state index is -1.54. The van der Waals surface area contributed by atoms with Crippen molar-refractivity contribution >= 4 is 35.0 Å². The lowest BCUT2D eigenvalue weighted by Crippen LogP contribution is -2.36. The van der Waals surface area contributed by atoms with E-state index in [4.69, 9.17) is 23.2 Å². The van der Waals surface area contributed by atoms with Crippen LogP contribution in [-0.4, -0.2) is 16.7 Å². The first-order valence-corrected chi connectivity index (χ1v) is 5.40. The van der Waals surface area contributed by atoms with Gasteiger partial charge in [-0.3, -0.25) is 4.79 Å². The van der Waals surface area contributed by atoms with E-state index in [0.29, 0.717) is 0 Å². The minimum Gasteiger partial charge on any atom is -0.549 e. The van der Waals surface area contributed by atoms with Gasteiger partial charge < -0.3 is 9.90 Å². The molecule has 0 aliphatic rings. The molecule has 0 amide bonds. The lowest BCUT2D eigenvalue weighted by molar-refractivity contribution is -0.309. The van der Waals surface area contributed by atoms with Gasteiger partial charge in [0.25, 0.3) is 0 Å². The molecule has 4 nitrogen and oxygen atoms in total. The molecule has 0 aliphatic carbocycles. The average molecular weight is 279 g/mol. The summed E-state index contributed by atoms with van der Waals surface area (Å²) in [6.45, 7) is 1.49. The molecule has 7 heteroatoms. The second-order valence-electron chi connectivity index (χ2n) is 3.24. The van der Waals surface area contributed by atoms with Gasteiger partial charge in [0.2, 0.25) is 0 Å². The van der Waals surface area contributed by atoms with Crippen molar-refractivity contribution in [1.29, 1.82) is 0 Å². The van der Waals surface area contributed by atoms with Gasteiger partial charge in [-0.2, -0.15) is 0 Å². The van der Waals surface area contributed by atoms with Crippen LogP contribution in [0.4, 0.5) is 4.39 Å². The van der Waals surface area contributed by atoms with Crippen LogP contribution in [0.15, 0.2) is 6.07 Å². The number of nitrogens with zero attached hydrogens (tertiary/aromatic N) is 1. The van der Waals surface area contributed by atoms with Gasteiger partial charge in [-0.1, -0.05) is 30.1 Å². The van der Waals surface area contributed by atoms with Crippen molar-refractivity contribution in [2.75, 3.05) is 0 Å². The first-order chi connectivity index (χ1) is 7.88. The fourth-order valence-electron chi connectivity index (χ4n) is 1.27. The highest BCUT2D eigenvalue weighted by molar-refractivity contribution is 6.35. The molecule has 0 aromatic carbocycles. The molecule has 0 spiro atoms. The molecule has 1 atom stereocenters. The summed E-state index contributed by atoms with van der Waals surface area (Å²) in [7, 11) is 0. The second-order valence-corrected chi connectivity index (χ2v) is 3.96. The Morgan fingerprint density at radius 1 is 1.47 bits per heavy atom. The van der Waals surface area contributed by atoms with Crippen molar-refractivity contribution < 1.29 is 19.1 Å². The van der Waals surface area contributed by atoms with E-state index in [-0.39, 0.29) is 17.1 Å². The van der Waals surface area contributed by atoms with E-state index in [9.17, 15) is 19.1 Å². The highest BCUT2D eigenvalue weighted by atomic mass is 35.5. The topological polar surface area (TPSA) is 70.1 Å². The number of halogens is 3. The quantitative estimate of drug-likeness (QED) is 0.475. The highest BCUT2D eigenvalue weighted by Gasteiger charge is 2.23. The molecule has 0 aliphatic heterocycles. The second kappa shape index (κ2) is 5.42. The number of aliphatic carboxylic acids is 1. The molecule has 0 radical (unpaired) electrons. The molecule has 1 aromatic rings.